The SMILES string of the molecule is C=CCn1c(SCCOc2cc(C)cc(C)c2)nnc1-c1ccccc1OC. The Labute approximate surface area is 170 Å². The van der Waals surface area contributed by atoms with Gasteiger partial charge in [-0.15, -0.1) is 16.8 Å². The first-order valence-electron chi connectivity index (χ1n) is 9.13. The maximum absolute atomic E-state index is 5.90. The first kappa shape index (κ1) is 20.0. The molecule has 2 aromatic carbocycles. The minimum atomic E-state index is 0.596. The number of ether oxygens (including phenoxy) is 2. The van der Waals surface area contributed by atoms with Gasteiger partial charge in [0.15, 0.2) is 11.0 Å². The van der Waals surface area contributed by atoms with Crippen LogP contribution in [-0.4, -0.2) is 34.2 Å². The van der Waals surface area contributed by atoms with Gasteiger partial charge in [0.05, 0.1) is 19.3 Å². The van der Waals surface area contributed by atoms with Gasteiger partial charge in [-0.05, 0) is 49.2 Å². The molecule has 0 aliphatic rings. The number of para-hydroxylation sites is 1. The molecule has 1 heterocycles. The minimum absolute atomic E-state index is 0.596. The van der Waals surface area contributed by atoms with E-state index in [9.17, 15) is 0 Å². The number of benzene rings is 2. The van der Waals surface area contributed by atoms with E-state index in [1.54, 1.807) is 18.9 Å². The van der Waals surface area contributed by atoms with Crippen LogP contribution in [0.3, 0.4) is 0 Å². The van der Waals surface area contributed by atoms with Gasteiger partial charge in [-0.25, -0.2) is 0 Å². The molecule has 5 nitrogen and oxygen atoms in total. The highest BCUT2D eigenvalue weighted by Crippen LogP contribution is 2.31. The van der Waals surface area contributed by atoms with Gasteiger partial charge in [-0.2, -0.15) is 0 Å². The molecule has 0 saturated heterocycles. The minimum Gasteiger partial charge on any atom is -0.496 e. The Morgan fingerprint density at radius 2 is 1.86 bits per heavy atom. The summed E-state index contributed by atoms with van der Waals surface area (Å²) in [5, 5.41) is 9.61. The molecule has 0 atom stereocenters. The molecule has 6 heteroatoms. The highest BCUT2D eigenvalue weighted by Gasteiger charge is 2.16. The number of aromatic nitrogens is 3. The van der Waals surface area contributed by atoms with Crippen molar-refractivity contribution in [2.45, 2.75) is 25.5 Å². The molecule has 146 valence electrons. The van der Waals surface area contributed by atoms with Crippen LogP contribution in [-0.2, 0) is 6.54 Å². The summed E-state index contributed by atoms with van der Waals surface area (Å²) >= 11 is 1.62. The third-order valence-electron chi connectivity index (χ3n) is 4.15. The molecule has 0 saturated carbocycles. The van der Waals surface area contributed by atoms with Crippen molar-refractivity contribution in [1.29, 1.82) is 0 Å². The number of nitrogens with zero attached hydrogens (tertiary/aromatic N) is 3. The van der Waals surface area contributed by atoms with Gasteiger partial charge in [0.1, 0.15) is 11.5 Å². The monoisotopic (exact) mass is 395 g/mol. The normalized spacial score (nSPS) is 10.7. The van der Waals surface area contributed by atoms with E-state index in [-0.39, 0.29) is 0 Å². The second-order valence-electron chi connectivity index (χ2n) is 6.43. The third-order valence-corrected chi connectivity index (χ3v) is 5.09. The molecule has 0 aliphatic heterocycles. The predicted molar refractivity (Wildman–Crippen MR) is 114 cm³/mol. The Bertz CT molecular complexity index is 932. The van der Waals surface area contributed by atoms with E-state index in [2.05, 4.69) is 48.8 Å². The molecule has 0 fully saturated rings. The Morgan fingerprint density at radius 3 is 2.57 bits per heavy atom. The average molecular weight is 396 g/mol. The second-order valence-corrected chi connectivity index (χ2v) is 7.49. The summed E-state index contributed by atoms with van der Waals surface area (Å²) in [6, 6.07) is 14.1. The van der Waals surface area contributed by atoms with Crippen molar-refractivity contribution in [2.24, 2.45) is 0 Å². The van der Waals surface area contributed by atoms with E-state index in [1.807, 2.05) is 34.9 Å². The average Bonchev–Trinajstić information content (AvgIpc) is 3.07. The zero-order chi connectivity index (χ0) is 19.9. The van der Waals surface area contributed by atoms with Crippen LogP contribution in [0.5, 0.6) is 11.5 Å². The van der Waals surface area contributed by atoms with Crippen LogP contribution in [0.25, 0.3) is 11.4 Å². The van der Waals surface area contributed by atoms with Crippen molar-refractivity contribution in [2.75, 3.05) is 19.5 Å². The van der Waals surface area contributed by atoms with Gasteiger partial charge in [0.2, 0.25) is 0 Å². The molecule has 0 spiro atoms. The van der Waals surface area contributed by atoms with E-state index in [0.29, 0.717) is 13.2 Å². The van der Waals surface area contributed by atoms with Crippen molar-refractivity contribution in [3.8, 4) is 22.9 Å². The van der Waals surface area contributed by atoms with Crippen molar-refractivity contribution in [3.63, 3.8) is 0 Å². The van der Waals surface area contributed by atoms with E-state index in [1.165, 1.54) is 11.1 Å². The molecule has 3 rings (SSSR count). The first-order chi connectivity index (χ1) is 13.6. The molecule has 0 bridgehead atoms. The summed E-state index contributed by atoms with van der Waals surface area (Å²) in [5.74, 6) is 3.22. The maximum atomic E-state index is 5.90. The second kappa shape index (κ2) is 9.46. The van der Waals surface area contributed by atoms with Crippen molar-refractivity contribution in [3.05, 3.63) is 66.2 Å². The lowest BCUT2D eigenvalue weighted by Crippen LogP contribution is -2.04. The lowest BCUT2D eigenvalue weighted by molar-refractivity contribution is 0.343. The molecule has 0 unspecified atom stereocenters. The van der Waals surface area contributed by atoms with Crippen molar-refractivity contribution in [1.82, 2.24) is 14.8 Å². The smallest absolute Gasteiger partial charge is 0.191 e. The summed E-state index contributed by atoms with van der Waals surface area (Å²) in [5.41, 5.74) is 3.32. The Kier molecular flexibility index (Phi) is 6.76. The highest BCUT2D eigenvalue weighted by atomic mass is 32.2. The van der Waals surface area contributed by atoms with Crippen molar-refractivity contribution < 1.29 is 9.47 Å². The largest absolute Gasteiger partial charge is 0.496 e. The van der Waals surface area contributed by atoms with Crippen LogP contribution >= 0.6 is 11.8 Å². The van der Waals surface area contributed by atoms with E-state index in [4.69, 9.17) is 9.47 Å². The number of thioether (sulfide) groups is 1. The highest BCUT2D eigenvalue weighted by molar-refractivity contribution is 7.99. The first-order valence-corrected chi connectivity index (χ1v) is 10.1. The van der Waals surface area contributed by atoms with Crippen LogP contribution in [0, 0.1) is 13.8 Å². The summed E-state index contributed by atoms with van der Waals surface area (Å²) in [4.78, 5) is 0. The maximum Gasteiger partial charge on any atom is 0.191 e. The molecular weight excluding hydrogens is 370 g/mol. The quantitative estimate of drug-likeness (QED) is 0.292. The van der Waals surface area contributed by atoms with E-state index >= 15 is 0 Å². The van der Waals surface area contributed by atoms with Crippen LogP contribution in [0.1, 0.15) is 11.1 Å². The number of hydrogen-bond donors (Lipinski definition) is 0. The van der Waals surface area contributed by atoms with Gasteiger partial charge in [-0.1, -0.05) is 36.0 Å². The van der Waals surface area contributed by atoms with Crippen molar-refractivity contribution >= 4 is 11.8 Å². The lowest BCUT2D eigenvalue weighted by Gasteiger charge is -2.11. The van der Waals surface area contributed by atoms with Gasteiger partial charge < -0.3 is 9.47 Å². The number of allylic oxidation sites excluding steroid dienone is 1. The summed E-state index contributed by atoms with van der Waals surface area (Å²) in [7, 11) is 1.66. The molecular formula is C22H25N3O2S. The zero-order valence-corrected chi connectivity index (χ0v) is 17.3. The van der Waals surface area contributed by atoms with Gasteiger partial charge in [0, 0.05) is 12.3 Å². The molecule has 0 N–H and O–H groups in total. The standard InChI is InChI=1S/C22H25N3O2S/c1-5-10-25-21(19-8-6-7-9-20(19)26-4)23-24-22(25)28-12-11-27-18-14-16(2)13-17(3)15-18/h5-9,13-15H,1,10-12H2,2-4H3. The molecule has 1 aromatic heterocycles. The van der Waals surface area contributed by atoms with Gasteiger partial charge in [0.25, 0.3) is 0 Å². The predicted octanol–water partition coefficient (Wildman–Crippen LogP) is 4.93. The Morgan fingerprint density at radius 1 is 1.11 bits per heavy atom. The van der Waals surface area contributed by atoms with Gasteiger partial charge >= 0.3 is 0 Å². The fourth-order valence-electron chi connectivity index (χ4n) is 3.03. The summed E-state index contributed by atoms with van der Waals surface area (Å²) in [6.07, 6.45) is 1.85. The number of methoxy groups -OCH3 is 1. The number of aryl methyl sites for hydroxylation is 2. The lowest BCUT2D eigenvalue weighted by atomic mass is 10.1. The Balaban J connectivity index is 1.70. The van der Waals surface area contributed by atoms with Crippen LogP contribution in [0.2, 0.25) is 0 Å². The molecule has 28 heavy (non-hydrogen) atoms. The topological polar surface area (TPSA) is 49.2 Å². The van der Waals surface area contributed by atoms with Crippen LogP contribution in [0.4, 0.5) is 0 Å². The third kappa shape index (κ3) is 4.75. The molecule has 0 amide bonds. The van der Waals surface area contributed by atoms with Gasteiger partial charge in [-0.3, -0.25) is 4.57 Å². The molecule has 3 aromatic rings. The molecule has 0 radical (unpaired) electrons. The summed E-state index contributed by atoms with van der Waals surface area (Å²) in [6.45, 7) is 9.24. The molecule has 0 aliphatic carbocycles. The summed E-state index contributed by atoms with van der Waals surface area (Å²) < 4.78 is 13.4. The number of hydrogen-bond acceptors (Lipinski definition) is 5. The van der Waals surface area contributed by atoms with E-state index < -0.39 is 0 Å². The fourth-order valence-corrected chi connectivity index (χ4v) is 3.79. The van der Waals surface area contributed by atoms with Crippen LogP contribution < -0.4 is 9.47 Å². The Hall–Kier alpha value is -2.73. The van der Waals surface area contributed by atoms with Crippen LogP contribution in [0.15, 0.2) is 60.3 Å². The fraction of sp³-hybridized carbons (Fsp3) is 0.273. The zero-order valence-electron chi connectivity index (χ0n) is 16.5. The van der Waals surface area contributed by atoms with E-state index in [0.717, 1.165) is 33.8 Å². The number of rotatable bonds is 9.